The first-order valence-corrected chi connectivity index (χ1v) is 4.05. The van der Waals surface area contributed by atoms with Crippen molar-refractivity contribution in [2.45, 2.75) is 13.0 Å². The van der Waals surface area contributed by atoms with Crippen LogP contribution in [0.4, 0.5) is 4.79 Å². The van der Waals surface area contributed by atoms with Crippen molar-refractivity contribution in [2.75, 3.05) is 6.61 Å². The molecular formula is C10H11NO2. The monoisotopic (exact) mass is 177 g/mol. The van der Waals surface area contributed by atoms with Gasteiger partial charge in [0.1, 0.15) is 6.04 Å². The predicted octanol–water partition coefficient (Wildman–Crippen LogP) is 1.53. The number of rotatable bonds is 1. The van der Waals surface area contributed by atoms with Gasteiger partial charge in [-0.2, -0.15) is 0 Å². The fourth-order valence-electron chi connectivity index (χ4n) is 1.01. The molecule has 0 radical (unpaired) electrons. The molecule has 0 aliphatic carbocycles. The maximum absolute atomic E-state index is 11.3. The maximum Gasteiger partial charge on any atom is 0.415 e. The van der Waals surface area contributed by atoms with E-state index in [4.69, 9.17) is 11.2 Å². The minimum absolute atomic E-state index is 0.330. The van der Waals surface area contributed by atoms with Crippen molar-refractivity contribution in [3.63, 3.8) is 0 Å². The summed E-state index contributed by atoms with van der Waals surface area (Å²) >= 11 is 0. The summed E-state index contributed by atoms with van der Waals surface area (Å²) < 4.78 is 4.82. The van der Waals surface area contributed by atoms with Crippen molar-refractivity contribution in [3.05, 3.63) is 24.4 Å². The van der Waals surface area contributed by atoms with Crippen LogP contribution in [0.3, 0.4) is 0 Å². The van der Waals surface area contributed by atoms with Crippen LogP contribution >= 0.6 is 0 Å². The van der Waals surface area contributed by atoms with E-state index < -0.39 is 6.09 Å². The molecule has 0 aromatic heterocycles. The average molecular weight is 177 g/mol. The van der Waals surface area contributed by atoms with Gasteiger partial charge in [0.05, 0.1) is 6.61 Å². The Morgan fingerprint density at radius 3 is 3.08 bits per heavy atom. The van der Waals surface area contributed by atoms with E-state index in [1.807, 2.05) is 0 Å². The minimum Gasteiger partial charge on any atom is -0.449 e. The van der Waals surface area contributed by atoms with Gasteiger partial charge in [0.2, 0.25) is 0 Å². The standard InChI is InChI=1S/C10H11NO2/c1-3-9-7-5-6-8-11(9)10(12)13-4-2/h1,5-9H,4H2,2H3/t9-/m0/s1. The Bertz CT molecular complexity index is 286. The van der Waals surface area contributed by atoms with E-state index in [0.717, 1.165) is 0 Å². The molecule has 0 spiro atoms. The number of allylic oxidation sites excluding steroid dienone is 2. The number of carbonyl (C=O) groups excluding carboxylic acids is 1. The van der Waals surface area contributed by atoms with Gasteiger partial charge in [-0.3, -0.25) is 4.90 Å². The van der Waals surface area contributed by atoms with Crippen LogP contribution in [0.5, 0.6) is 0 Å². The summed E-state index contributed by atoms with van der Waals surface area (Å²) in [6.45, 7) is 2.11. The van der Waals surface area contributed by atoms with Gasteiger partial charge in [-0.05, 0) is 19.1 Å². The van der Waals surface area contributed by atoms with Crippen LogP contribution in [0, 0.1) is 12.3 Å². The third-order valence-corrected chi connectivity index (χ3v) is 1.60. The number of ether oxygens (including phenoxy) is 1. The first kappa shape index (κ1) is 9.40. The van der Waals surface area contributed by atoms with Crippen molar-refractivity contribution < 1.29 is 9.53 Å². The lowest BCUT2D eigenvalue weighted by molar-refractivity contribution is 0.120. The fraction of sp³-hybridized carbons (Fsp3) is 0.300. The molecule has 0 fully saturated rings. The summed E-state index contributed by atoms with van der Waals surface area (Å²) in [5.74, 6) is 2.48. The molecule has 0 unspecified atom stereocenters. The van der Waals surface area contributed by atoms with Crippen molar-refractivity contribution in [1.29, 1.82) is 0 Å². The highest BCUT2D eigenvalue weighted by atomic mass is 16.6. The zero-order valence-electron chi connectivity index (χ0n) is 7.43. The van der Waals surface area contributed by atoms with E-state index in [-0.39, 0.29) is 6.04 Å². The highest BCUT2D eigenvalue weighted by Gasteiger charge is 2.19. The number of nitrogens with zero attached hydrogens (tertiary/aromatic N) is 1. The maximum atomic E-state index is 11.3. The van der Waals surface area contributed by atoms with Crippen LogP contribution in [-0.2, 0) is 4.74 Å². The molecule has 68 valence electrons. The zero-order chi connectivity index (χ0) is 9.68. The minimum atomic E-state index is -0.411. The number of hydrogen-bond donors (Lipinski definition) is 0. The summed E-state index contributed by atoms with van der Waals surface area (Å²) in [5, 5.41) is 0. The van der Waals surface area contributed by atoms with Gasteiger partial charge >= 0.3 is 6.09 Å². The molecule has 0 bridgehead atoms. The average Bonchev–Trinajstić information content (AvgIpc) is 2.18. The Balaban J connectivity index is 2.68. The third kappa shape index (κ3) is 2.12. The summed E-state index contributed by atoms with van der Waals surface area (Å²) in [6, 6.07) is -0.330. The lowest BCUT2D eigenvalue weighted by atomic mass is 10.2. The third-order valence-electron chi connectivity index (χ3n) is 1.60. The Labute approximate surface area is 77.7 Å². The Morgan fingerprint density at radius 1 is 1.69 bits per heavy atom. The largest absolute Gasteiger partial charge is 0.449 e. The highest BCUT2D eigenvalue weighted by molar-refractivity contribution is 5.70. The number of amides is 1. The Morgan fingerprint density at radius 2 is 2.46 bits per heavy atom. The normalized spacial score (nSPS) is 19.7. The summed E-state index contributed by atoms with van der Waals surface area (Å²) in [5.41, 5.74) is 0. The molecule has 1 aliphatic rings. The van der Waals surface area contributed by atoms with E-state index in [2.05, 4.69) is 5.92 Å². The fourth-order valence-corrected chi connectivity index (χ4v) is 1.01. The second kappa shape index (κ2) is 4.36. The second-order valence-corrected chi connectivity index (χ2v) is 2.44. The molecule has 1 atom stereocenters. The molecular weight excluding hydrogens is 166 g/mol. The van der Waals surface area contributed by atoms with Crippen molar-refractivity contribution in [2.24, 2.45) is 0 Å². The van der Waals surface area contributed by atoms with Gasteiger partial charge in [-0.25, -0.2) is 4.79 Å². The summed E-state index contributed by atoms with van der Waals surface area (Å²) in [6.07, 6.45) is 11.8. The molecule has 1 aliphatic heterocycles. The molecule has 13 heavy (non-hydrogen) atoms. The van der Waals surface area contributed by atoms with Gasteiger partial charge in [0.25, 0.3) is 0 Å². The number of terminal acetylenes is 1. The molecule has 1 rings (SSSR count). The number of carbonyl (C=O) groups is 1. The SMILES string of the molecule is C#C[C@H]1C=CC=CN1C(=O)OCC. The molecule has 0 saturated heterocycles. The van der Waals surface area contributed by atoms with Crippen molar-refractivity contribution >= 4 is 6.09 Å². The molecule has 0 aromatic carbocycles. The number of hydrogen-bond acceptors (Lipinski definition) is 2. The van der Waals surface area contributed by atoms with Gasteiger partial charge < -0.3 is 4.74 Å². The van der Waals surface area contributed by atoms with Gasteiger partial charge in [0, 0.05) is 6.20 Å². The van der Waals surface area contributed by atoms with Crippen molar-refractivity contribution in [3.8, 4) is 12.3 Å². The van der Waals surface area contributed by atoms with Crippen molar-refractivity contribution in [1.82, 2.24) is 4.90 Å². The van der Waals surface area contributed by atoms with Crippen LogP contribution in [0.25, 0.3) is 0 Å². The van der Waals surface area contributed by atoms with Crippen LogP contribution in [0.15, 0.2) is 24.4 Å². The van der Waals surface area contributed by atoms with Gasteiger partial charge in [-0.15, -0.1) is 6.42 Å². The Hall–Kier alpha value is -1.69. The van der Waals surface area contributed by atoms with Gasteiger partial charge in [0.15, 0.2) is 0 Å². The van der Waals surface area contributed by atoms with Gasteiger partial charge in [-0.1, -0.05) is 12.0 Å². The molecule has 3 nitrogen and oxygen atoms in total. The van der Waals surface area contributed by atoms with E-state index >= 15 is 0 Å². The quantitative estimate of drug-likeness (QED) is 0.568. The molecule has 1 heterocycles. The summed E-state index contributed by atoms with van der Waals surface area (Å²) in [4.78, 5) is 12.7. The smallest absolute Gasteiger partial charge is 0.415 e. The zero-order valence-corrected chi connectivity index (χ0v) is 7.43. The molecule has 0 aromatic rings. The molecule has 0 saturated carbocycles. The van der Waals surface area contributed by atoms with E-state index in [0.29, 0.717) is 6.61 Å². The topological polar surface area (TPSA) is 29.5 Å². The molecule has 1 amide bonds. The van der Waals surface area contributed by atoms with Crippen LogP contribution in [-0.4, -0.2) is 23.6 Å². The van der Waals surface area contributed by atoms with Crippen LogP contribution < -0.4 is 0 Å². The highest BCUT2D eigenvalue weighted by Crippen LogP contribution is 2.09. The first-order chi connectivity index (χ1) is 6.29. The Kier molecular flexibility index (Phi) is 3.15. The lowest BCUT2D eigenvalue weighted by Gasteiger charge is -2.23. The molecule has 3 heteroatoms. The van der Waals surface area contributed by atoms with E-state index in [9.17, 15) is 4.79 Å². The lowest BCUT2D eigenvalue weighted by Crippen LogP contribution is -2.35. The summed E-state index contributed by atoms with van der Waals surface area (Å²) in [7, 11) is 0. The second-order valence-electron chi connectivity index (χ2n) is 2.44. The van der Waals surface area contributed by atoms with E-state index in [1.165, 1.54) is 4.90 Å². The van der Waals surface area contributed by atoms with Crippen LogP contribution in [0.1, 0.15) is 6.92 Å². The van der Waals surface area contributed by atoms with Crippen LogP contribution in [0.2, 0.25) is 0 Å². The molecule has 0 N–H and O–H groups in total. The predicted molar refractivity (Wildman–Crippen MR) is 49.8 cm³/mol. The first-order valence-electron chi connectivity index (χ1n) is 4.05. The van der Waals surface area contributed by atoms with E-state index in [1.54, 1.807) is 31.4 Å².